The van der Waals surface area contributed by atoms with Crippen LogP contribution in [0.5, 0.6) is 5.75 Å². The summed E-state index contributed by atoms with van der Waals surface area (Å²) in [6, 6.07) is 7.61. The SMILES string of the molecule is Oc1c(Cl)cc(Cl)cc1/C=N/Nc1ccccc1C(F)(F)F. The Morgan fingerprint density at radius 3 is 2.50 bits per heavy atom. The summed E-state index contributed by atoms with van der Waals surface area (Å²) in [5.74, 6) is -0.263. The summed E-state index contributed by atoms with van der Waals surface area (Å²) in [5.41, 5.74) is 1.41. The van der Waals surface area contributed by atoms with Gasteiger partial charge in [-0.05, 0) is 24.3 Å². The molecule has 22 heavy (non-hydrogen) atoms. The molecule has 0 saturated carbocycles. The molecule has 0 amide bonds. The fraction of sp³-hybridized carbons (Fsp3) is 0.0714. The predicted molar refractivity (Wildman–Crippen MR) is 80.8 cm³/mol. The first-order chi connectivity index (χ1) is 10.3. The molecule has 0 aliphatic heterocycles. The van der Waals surface area contributed by atoms with Crippen LogP contribution in [0.1, 0.15) is 11.1 Å². The number of nitrogens with zero attached hydrogens (tertiary/aromatic N) is 1. The van der Waals surface area contributed by atoms with Gasteiger partial charge in [-0.1, -0.05) is 35.3 Å². The number of anilines is 1. The van der Waals surface area contributed by atoms with Crippen LogP contribution in [0.2, 0.25) is 10.0 Å². The van der Waals surface area contributed by atoms with E-state index < -0.39 is 11.7 Å². The van der Waals surface area contributed by atoms with Crippen molar-refractivity contribution in [3.8, 4) is 5.75 Å². The van der Waals surface area contributed by atoms with Crippen molar-refractivity contribution in [3.63, 3.8) is 0 Å². The van der Waals surface area contributed by atoms with Crippen molar-refractivity contribution in [2.45, 2.75) is 6.18 Å². The summed E-state index contributed by atoms with van der Waals surface area (Å²) < 4.78 is 38.4. The van der Waals surface area contributed by atoms with Gasteiger partial charge in [-0.15, -0.1) is 0 Å². The number of hydrazone groups is 1. The number of para-hydroxylation sites is 1. The monoisotopic (exact) mass is 348 g/mol. The standard InChI is InChI=1S/C14H9Cl2F3N2O/c15-9-5-8(13(22)11(16)6-9)7-20-21-12-4-2-1-3-10(12)14(17,18)19/h1-7,21-22H/b20-7+. The van der Waals surface area contributed by atoms with Crippen molar-refractivity contribution in [2.24, 2.45) is 5.10 Å². The van der Waals surface area contributed by atoms with E-state index >= 15 is 0 Å². The highest BCUT2D eigenvalue weighted by Gasteiger charge is 2.33. The van der Waals surface area contributed by atoms with Crippen molar-refractivity contribution >= 4 is 35.1 Å². The molecule has 0 aromatic heterocycles. The van der Waals surface area contributed by atoms with Crippen LogP contribution in [0, 0.1) is 0 Å². The number of rotatable bonds is 3. The maximum atomic E-state index is 12.8. The summed E-state index contributed by atoms with van der Waals surface area (Å²) in [7, 11) is 0. The van der Waals surface area contributed by atoms with Gasteiger partial charge in [-0.25, -0.2) is 0 Å². The number of halogens is 5. The first-order valence-electron chi connectivity index (χ1n) is 5.92. The third kappa shape index (κ3) is 3.84. The molecule has 0 bridgehead atoms. The van der Waals surface area contributed by atoms with Crippen LogP contribution in [0.15, 0.2) is 41.5 Å². The third-order valence-corrected chi connectivity index (χ3v) is 3.19. The van der Waals surface area contributed by atoms with E-state index in [2.05, 4.69) is 10.5 Å². The lowest BCUT2D eigenvalue weighted by Gasteiger charge is -2.11. The van der Waals surface area contributed by atoms with Crippen LogP contribution in [0.25, 0.3) is 0 Å². The zero-order chi connectivity index (χ0) is 16.3. The van der Waals surface area contributed by atoms with Crippen molar-refractivity contribution < 1.29 is 18.3 Å². The number of phenols is 1. The van der Waals surface area contributed by atoms with Crippen LogP contribution in [0.4, 0.5) is 18.9 Å². The minimum atomic E-state index is -4.50. The van der Waals surface area contributed by atoms with Crippen molar-refractivity contribution in [2.75, 3.05) is 5.43 Å². The Morgan fingerprint density at radius 2 is 1.82 bits per heavy atom. The first-order valence-corrected chi connectivity index (χ1v) is 6.68. The molecule has 2 N–H and O–H groups in total. The Kier molecular flexibility index (Phi) is 4.83. The Hall–Kier alpha value is -1.92. The molecule has 0 unspecified atom stereocenters. The second-order valence-electron chi connectivity index (χ2n) is 4.24. The normalized spacial score (nSPS) is 11.9. The highest BCUT2D eigenvalue weighted by atomic mass is 35.5. The first kappa shape index (κ1) is 16.5. The number of hydrogen-bond donors (Lipinski definition) is 2. The summed E-state index contributed by atoms with van der Waals surface area (Å²) in [4.78, 5) is 0. The van der Waals surface area contributed by atoms with Crippen LogP contribution in [-0.2, 0) is 6.18 Å². The molecule has 0 aliphatic rings. The van der Waals surface area contributed by atoms with Crippen LogP contribution >= 0.6 is 23.2 Å². The fourth-order valence-corrected chi connectivity index (χ4v) is 2.19. The van der Waals surface area contributed by atoms with Crippen molar-refractivity contribution in [1.82, 2.24) is 0 Å². The largest absolute Gasteiger partial charge is 0.506 e. The molecule has 2 aromatic carbocycles. The van der Waals surface area contributed by atoms with Gasteiger partial charge in [0.2, 0.25) is 0 Å². The summed E-state index contributed by atoms with van der Waals surface area (Å²) in [5, 5.41) is 13.7. The molecule has 0 radical (unpaired) electrons. The van der Waals surface area contributed by atoms with Gasteiger partial charge in [0.15, 0.2) is 0 Å². The number of benzene rings is 2. The molecular weight excluding hydrogens is 340 g/mol. The minimum absolute atomic E-state index is 0.0182. The van der Waals surface area contributed by atoms with Crippen LogP contribution in [-0.4, -0.2) is 11.3 Å². The van der Waals surface area contributed by atoms with Crippen molar-refractivity contribution in [1.29, 1.82) is 0 Å². The van der Waals surface area contributed by atoms with Gasteiger partial charge in [0, 0.05) is 10.6 Å². The average Bonchev–Trinajstić information content (AvgIpc) is 2.43. The Balaban J connectivity index is 2.25. The van der Waals surface area contributed by atoms with Gasteiger partial charge >= 0.3 is 6.18 Å². The summed E-state index contributed by atoms with van der Waals surface area (Å²) in [6.45, 7) is 0. The number of alkyl halides is 3. The number of hydrogen-bond acceptors (Lipinski definition) is 3. The maximum Gasteiger partial charge on any atom is 0.418 e. The summed E-state index contributed by atoms with van der Waals surface area (Å²) >= 11 is 11.5. The Morgan fingerprint density at radius 1 is 1.14 bits per heavy atom. The van der Waals surface area contributed by atoms with Gasteiger partial charge < -0.3 is 5.11 Å². The second kappa shape index (κ2) is 6.46. The molecule has 3 nitrogen and oxygen atoms in total. The van der Waals surface area contributed by atoms with E-state index in [0.717, 1.165) is 12.3 Å². The quantitative estimate of drug-likeness (QED) is 0.594. The van der Waals surface area contributed by atoms with Gasteiger partial charge in [0.25, 0.3) is 0 Å². The molecular formula is C14H9Cl2F3N2O. The third-order valence-electron chi connectivity index (χ3n) is 2.68. The lowest BCUT2D eigenvalue weighted by molar-refractivity contribution is -0.136. The van der Waals surface area contributed by atoms with E-state index in [4.69, 9.17) is 23.2 Å². The van der Waals surface area contributed by atoms with E-state index in [9.17, 15) is 18.3 Å². The van der Waals surface area contributed by atoms with Crippen molar-refractivity contribution in [3.05, 3.63) is 57.6 Å². The van der Waals surface area contributed by atoms with E-state index in [0.29, 0.717) is 0 Å². The average molecular weight is 349 g/mol. The number of phenolic OH excluding ortho intramolecular Hbond substituents is 1. The zero-order valence-corrected chi connectivity index (χ0v) is 12.3. The molecule has 0 aliphatic carbocycles. The zero-order valence-electron chi connectivity index (χ0n) is 10.8. The fourth-order valence-electron chi connectivity index (χ4n) is 1.68. The summed E-state index contributed by atoms with van der Waals surface area (Å²) in [6.07, 6.45) is -3.37. The molecule has 0 fully saturated rings. The van der Waals surface area contributed by atoms with Gasteiger partial charge in [-0.3, -0.25) is 5.43 Å². The second-order valence-corrected chi connectivity index (χ2v) is 5.08. The van der Waals surface area contributed by atoms with Gasteiger partial charge in [0.1, 0.15) is 5.75 Å². The highest BCUT2D eigenvalue weighted by molar-refractivity contribution is 6.36. The molecule has 2 rings (SSSR count). The molecule has 0 saturated heterocycles. The van der Waals surface area contributed by atoms with Crippen LogP contribution in [0.3, 0.4) is 0 Å². The van der Waals surface area contributed by atoms with Crippen LogP contribution < -0.4 is 5.43 Å². The highest BCUT2D eigenvalue weighted by Crippen LogP contribution is 2.34. The van der Waals surface area contributed by atoms with E-state index in [1.165, 1.54) is 30.3 Å². The molecule has 0 heterocycles. The lowest BCUT2D eigenvalue weighted by atomic mass is 10.2. The molecule has 0 atom stereocenters. The molecule has 8 heteroatoms. The molecule has 2 aromatic rings. The topological polar surface area (TPSA) is 44.6 Å². The lowest BCUT2D eigenvalue weighted by Crippen LogP contribution is -2.08. The Bertz CT molecular complexity index is 718. The molecule has 0 spiro atoms. The molecule has 116 valence electrons. The maximum absolute atomic E-state index is 12.8. The number of aromatic hydroxyl groups is 1. The van der Waals surface area contributed by atoms with Gasteiger partial charge in [0.05, 0.1) is 22.5 Å². The number of nitrogens with one attached hydrogen (secondary N) is 1. The smallest absolute Gasteiger partial charge is 0.418 e. The van der Waals surface area contributed by atoms with Gasteiger partial charge in [-0.2, -0.15) is 18.3 Å². The van der Waals surface area contributed by atoms with E-state index in [-0.39, 0.29) is 27.0 Å². The van der Waals surface area contributed by atoms with E-state index in [1.807, 2.05) is 0 Å². The Labute approximate surface area is 134 Å². The van der Waals surface area contributed by atoms with E-state index in [1.54, 1.807) is 0 Å². The minimum Gasteiger partial charge on any atom is -0.506 e. The predicted octanol–water partition coefficient (Wildman–Crippen LogP) is 5.16.